The average Bonchev–Trinajstić information content (AvgIpc) is 2.30. The molecule has 0 aromatic rings. The van der Waals surface area contributed by atoms with Crippen molar-refractivity contribution in [3.8, 4) is 0 Å². The summed E-state index contributed by atoms with van der Waals surface area (Å²) >= 11 is 0. The normalized spacial score (nSPS) is 9.38. The lowest BCUT2D eigenvalue weighted by Gasteiger charge is -2.06. The molecule has 0 spiro atoms. The number of ether oxygens (including phenoxy) is 1. The summed E-state index contributed by atoms with van der Waals surface area (Å²) in [5, 5.41) is 2.66. The van der Waals surface area contributed by atoms with Gasteiger partial charge in [0.2, 0.25) is 5.91 Å². The van der Waals surface area contributed by atoms with E-state index < -0.39 is 0 Å². The van der Waals surface area contributed by atoms with E-state index in [-0.39, 0.29) is 25.6 Å². The van der Waals surface area contributed by atoms with Crippen LogP contribution in [0.25, 0.3) is 0 Å². The highest BCUT2D eigenvalue weighted by Crippen LogP contribution is 1.93. The predicted molar refractivity (Wildman–Crippen MR) is 67.4 cm³/mol. The number of carbonyl (C=O) groups is 2. The van der Waals surface area contributed by atoms with Gasteiger partial charge in [0.15, 0.2) is 5.78 Å². The molecule has 0 aliphatic carbocycles. The molecule has 0 aromatic carbocycles. The number of hydrogen-bond acceptors (Lipinski definition) is 3. The third kappa shape index (κ3) is 11.2. The summed E-state index contributed by atoms with van der Waals surface area (Å²) in [4.78, 5) is 21.9. The van der Waals surface area contributed by atoms with Crippen molar-refractivity contribution in [3.05, 3.63) is 0 Å². The van der Waals surface area contributed by atoms with E-state index in [1.807, 2.05) is 27.7 Å². The van der Waals surface area contributed by atoms with Gasteiger partial charge in [-0.2, -0.15) is 0 Å². The summed E-state index contributed by atoms with van der Waals surface area (Å²) < 4.78 is 5.09. The summed E-state index contributed by atoms with van der Waals surface area (Å²) in [6, 6.07) is 0. The van der Waals surface area contributed by atoms with E-state index >= 15 is 0 Å². The lowest BCUT2D eigenvalue weighted by Crippen LogP contribution is -2.27. The minimum atomic E-state index is 0. The fourth-order valence-corrected chi connectivity index (χ4v) is 0.727. The van der Waals surface area contributed by atoms with Gasteiger partial charge in [-0.3, -0.25) is 9.59 Å². The first kappa shape index (κ1) is 17.5. The largest absolute Gasteiger partial charge is 0.372 e. The molecule has 98 valence electrons. The standard InChI is InChI=1S/C10H19NO3.C2H6.H2/c1-4-10(13)11-5-6-14-7-9(12)8(2)3;1-2;/h8H,4-7H2,1-3H3,(H,11,13);1-2H3;1H. The van der Waals surface area contributed by atoms with Gasteiger partial charge in [0.1, 0.15) is 6.61 Å². The molecule has 0 saturated heterocycles. The third-order valence-electron chi connectivity index (χ3n) is 1.78. The molecule has 1 N–H and O–H groups in total. The molecule has 0 aliphatic rings. The first-order chi connectivity index (χ1) is 7.57. The zero-order chi connectivity index (χ0) is 13.0. The molecule has 16 heavy (non-hydrogen) atoms. The maximum absolute atomic E-state index is 11.1. The first-order valence-corrected chi connectivity index (χ1v) is 5.95. The van der Waals surface area contributed by atoms with E-state index in [0.29, 0.717) is 19.6 Å². The van der Waals surface area contributed by atoms with Gasteiger partial charge in [-0.05, 0) is 0 Å². The van der Waals surface area contributed by atoms with Crippen LogP contribution in [0.2, 0.25) is 0 Å². The van der Waals surface area contributed by atoms with E-state index in [1.54, 1.807) is 6.92 Å². The van der Waals surface area contributed by atoms with Crippen molar-refractivity contribution in [1.82, 2.24) is 5.32 Å². The average molecular weight is 233 g/mol. The molecule has 0 saturated carbocycles. The monoisotopic (exact) mass is 233 g/mol. The quantitative estimate of drug-likeness (QED) is 0.684. The number of amides is 1. The minimum absolute atomic E-state index is 0. The molecule has 0 fully saturated rings. The number of hydrogen-bond donors (Lipinski definition) is 1. The van der Waals surface area contributed by atoms with Crippen molar-refractivity contribution in [1.29, 1.82) is 0 Å². The second-order valence-electron chi connectivity index (χ2n) is 3.38. The Morgan fingerprint density at radius 3 is 2.31 bits per heavy atom. The van der Waals surface area contributed by atoms with E-state index in [9.17, 15) is 9.59 Å². The lowest BCUT2D eigenvalue weighted by atomic mass is 10.1. The van der Waals surface area contributed by atoms with Gasteiger partial charge in [-0.15, -0.1) is 0 Å². The highest BCUT2D eigenvalue weighted by Gasteiger charge is 2.06. The molecule has 0 heterocycles. The van der Waals surface area contributed by atoms with Gasteiger partial charge in [0.25, 0.3) is 0 Å². The van der Waals surface area contributed by atoms with Crippen molar-refractivity contribution < 1.29 is 15.8 Å². The smallest absolute Gasteiger partial charge is 0.219 e. The Bertz CT molecular complexity index is 196. The molecule has 0 aromatic heterocycles. The number of rotatable bonds is 7. The van der Waals surface area contributed by atoms with Crippen LogP contribution in [0.1, 0.15) is 42.5 Å². The molecule has 4 nitrogen and oxygen atoms in total. The zero-order valence-corrected chi connectivity index (χ0v) is 11.1. The minimum Gasteiger partial charge on any atom is -0.372 e. The van der Waals surface area contributed by atoms with E-state index in [0.717, 1.165) is 0 Å². The van der Waals surface area contributed by atoms with Gasteiger partial charge in [0, 0.05) is 20.3 Å². The van der Waals surface area contributed by atoms with Crippen LogP contribution in [-0.2, 0) is 14.3 Å². The Kier molecular flexibility index (Phi) is 13.3. The van der Waals surface area contributed by atoms with Crippen molar-refractivity contribution in [3.63, 3.8) is 0 Å². The van der Waals surface area contributed by atoms with Crippen LogP contribution in [0.3, 0.4) is 0 Å². The van der Waals surface area contributed by atoms with E-state index in [1.165, 1.54) is 0 Å². The Balaban J connectivity index is -0.000000616. The van der Waals surface area contributed by atoms with Crippen LogP contribution in [0, 0.1) is 5.92 Å². The Hall–Kier alpha value is -0.900. The number of carbonyl (C=O) groups excluding carboxylic acids is 2. The lowest BCUT2D eigenvalue weighted by molar-refractivity contribution is -0.126. The fraction of sp³-hybridized carbons (Fsp3) is 0.833. The highest BCUT2D eigenvalue weighted by atomic mass is 16.5. The zero-order valence-electron chi connectivity index (χ0n) is 11.1. The topological polar surface area (TPSA) is 55.4 Å². The molecular formula is C12H27NO3. The number of ketones is 1. The number of nitrogens with one attached hydrogen (secondary N) is 1. The van der Waals surface area contributed by atoms with Crippen molar-refractivity contribution >= 4 is 11.7 Å². The molecule has 4 heteroatoms. The van der Waals surface area contributed by atoms with Crippen LogP contribution < -0.4 is 5.32 Å². The van der Waals surface area contributed by atoms with Crippen LogP contribution in [0.15, 0.2) is 0 Å². The second-order valence-corrected chi connectivity index (χ2v) is 3.38. The molecule has 1 amide bonds. The maximum atomic E-state index is 11.1. The molecular weight excluding hydrogens is 206 g/mol. The SMILES string of the molecule is CC.CCC(=O)NCCOCC(=O)C(C)C.[HH]. The van der Waals surface area contributed by atoms with Gasteiger partial charge >= 0.3 is 0 Å². The molecule has 0 atom stereocenters. The Labute approximate surface area is 100 Å². The second kappa shape index (κ2) is 12.2. The van der Waals surface area contributed by atoms with Crippen LogP contribution in [-0.4, -0.2) is 31.4 Å². The van der Waals surface area contributed by atoms with Gasteiger partial charge in [0.05, 0.1) is 6.61 Å². The van der Waals surface area contributed by atoms with Gasteiger partial charge in [-0.1, -0.05) is 34.6 Å². The highest BCUT2D eigenvalue weighted by molar-refractivity contribution is 5.81. The van der Waals surface area contributed by atoms with E-state index in [2.05, 4.69) is 5.32 Å². The molecule has 0 radical (unpaired) electrons. The molecule has 0 aliphatic heterocycles. The van der Waals surface area contributed by atoms with Crippen molar-refractivity contribution in [2.24, 2.45) is 5.92 Å². The summed E-state index contributed by atoms with van der Waals surface area (Å²) in [5.41, 5.74) is 0. The fourth-order valence-electron chi connectivity index (χ4n) is 0.727. The molecule has 0 bridgehead atoms. The predicted octanol–water partition coefficient (Wildman–Crippen LogP) is 2.03. The van der Waals surface area contributed by atoms with Crippen molar-refractivity contribution in [2.45, 2.75) is 41.0 Å². The summed E-state index contributed by atoms with van der Waals surface area (Å²) in [6.07, 6.45) is 0.477. The van der Waals surface area contributed by atoms with Crippen LogP contribution >= 0.6 is 0 Å². The Morgan fingerprint density at radius 2 is 1.88 bits per heavy atom. The maximum Gasteiger partial charge on any atom is 0.219 e. The van der Waals surface area contributed by atoms with Crippen LogP contribution in [0.5, 0.6) is 0 Å². The number of Topliss-reactive ketones (excluding diaryl/α,β-unsaturated/α-hetero) is 1. The molecule has 0 unspecified atom stereocenters. The van der Waals surface area contributed by atoms with Gasteiger partial charge < -0.3 is 10.1 Å². The van der Waals surface area contributed by atoms with Crippen LogP contribution in [0.4, 0.5) is 0 Å². The summed E-state index contributed by atoms with van der Waals surface area (Å²) in [7, 11) is 0. The Morgan fingerprint density at radius 1 is 1.31 bits per heavy atom. The van der Waals surface area contributed by atoms with E-state index in [4.69, 9.17) is 4.74 Å². The van der Waals surface area contributed by atoms with Gasteiger partial charge in [-0.25, -0.2) is 0 Å². The first-order valence-electron chi connectivity index (χ1n) is 5.95. The summed E-state index contributed by atoms with van der Waals surface area (Å²) in [6.45, 7) is 10.5. The third-order valence-corrected chi connectivity index (χ3v) is 1.78. The summed E-state index contributed by atoms with van der Waals surface area (Å²) in [5.74, 6) is 0.107. The van der Waals surface area contributed by atoms with Crippen molar-refractivity contribution in [2.75, 3.05) is 19.8 Å². The molecule has 0 rings (SSSR count).